The lowest BCUT2D eigenvalue weighted by atomic mass is 9.78. The highest BCUT2D eigenvalue weighted by Gasteiger charge is 2.38. The van der Waals surface area contributed by atoms with Crippen molar-refractivity contribution in [3.05, 3.63) is 29.5 Å². The smallest absolute Gasteiger partial charge is 0.162 e. The SMILES string of the molecule is Cl.Cl.NC1CCCC2CN(Cc3csc(-c4ccco4)n3)CC12. The van der Waals surface area contributed by atoms with Crippen LogP contribution in [-0.2, 0) is 6.54 Å². The first-order valence-corrected chi connectivity index (χ1v) is 8.64. The molecule has 4 nitrogen and oxygen atoms in total. The molecule has 0 aromatic carbocycles. The summed E-state index contributed by atoms with van der Waals surface area (Å²) in [5, 5.41) is 3.13. The molecule has 0 amide bonds. The first kappa shape index (κ1) is 18.7. The Labute approximate surface area is 153 Å². The van der Waals surface area contributed by atoms with Gasteiger partial charge in [0, 0.05) is 31.1 Å². The number of halogens is 2. The second-order valence-electron chi connectivity index (χ2n) is 6.33. The standard InChI is InChI=1S/C16H21N3OS.2ClH/c17-14-4-1-3-11-7-19(9-13(11)14)8-12-10-21-16(18-12)15-5-2-6-20-15;;/h2,5-6,10-11,13-14H,1,3-4,7-9,17H2;2*1H. The van der Waals surface area contributed by atoms with Gasteiger partial charge in [0.15, 0.2) is 10.8 Å². The van der Waals surface area contributed by atoms with Crippen LogP contribution in [0.3, 0.4) is 0 Å². The van der Waals surface area contributed by atoms with Crippen LogP contribution in [0.25, 0.3) is 10.8 Å². The van der Waals surface area contributed by atoms with Gasteiger partial charge < -0.3 is 10.2 Å². The van der Waals surface area contributed by atoms with E-state index in [1.54, 1.807) is 17.6 Å². The topological polar surface area (TPSA) is 55.3 Å². The van der Waals surface area contributed by atoms with Gasteiger partial charge in [-0.2, -0.15) is 0 Å². The summed E-state index contributed by atoms with van der Waals surface area (Å²) in [6, 6.07) is 4.28. The van der Waals surface area contributed by atoms with Gasteiger partial charge >= 0.3 is 0 Å². The van der Waals surface area contributed by atoms with Crippen LogP contribution in [0.15, 0.2) is 28.2 Å². The normalized spacial score (nSPS) is 27.1. The Balaban J connectivity index is 0.000000960. The number of likely N-dealkylation sites (tertiary alicyclic amines) is 1. The molecule has 1 aliphatic carbocycles. The fourth-order valence-electron chi connectivity index (χ4n) is 3.86. The molecule has 1 aliphatic heterocycles. The summed E-state index contributed by atoms with van der Waals surface area (Å²) in [5.74, 6) is 2.36. The van der Waals surface area contributed by atoms with Gasteiger partial charge in [-0.15, -0.1) is 36.2 Å². The Hall–Kier alpha value is -0.590. The zero-order chi connectivity index (χ0) is 14.2. The minimum absolute atomic E-state index is 0. The summed E-state index contributed by atoms with van der Waals surface area (Å²) in [6.45, 7) is 3.27. The van der Waals surface area contributed by atoms with E-state index in [1.165, 1.54) is 25.8 Å². The predicted octanol–water partition coefficient (Wildman–Crippen LogP) is 3.81. The van der Waals surface area contributed by atoms with Crippen LogP contribution in [0, 0.1) is 11.8 Å². The van der Waals surface area contributed by atoms with Gasteiger partial charge in [0.05, 0.1) is 12.0 Å². The highest BCUT2D eigenvalue weighted by molar-refractivity contribution is 7.13. The van der Waals surface area contributed by atoms with E-state index in [2.05, 4.69) is 10.3 Å². The van der Waals surface area contributed by atoms with Crippen molar-refractivity contribution in [3.8, 4) is 10.8 Å². The summed E-state index contributed by atoms with van der Waals surface area (Å²) in [4.78, 5) is 7.23. The van der Waals surface area contributed by atoms with Crippen molar-refractivity contribution in [2.45, 2.75) is 31.8 Å². The van der Waals surface area contributed by atoms with Crippen LogP contribution in [0.2, 0.25) is 0 Å². The molecule has 128 valence electrons. The van der Waals surface area contributed by atoms with Gasteiger partial charge in [0.25, 0.3) is 0 Å². The van der Waals surface area contributed by atoms with Crippen LogP contribution in [0.4, 0.5) is 0 Å². The molecule has 1 saturated heterocycles. The molecule has 3 unspecified atom stereocenters. The molecule has 23 heavy (non-hydrogen) atoms. The van der Waals surface area contributed by atoms with E-state index in [0.29, 0.717) is 12.0 Å². The molecule has 1 saturated carbocycles. The molecule has 4 rings (SSSR count). The van der Waals surface area contributed by atoms with Gasteiger partial charge in [-0.25, -0.2) is 4.98 Å². The van der Waals surface area contributed by atoms with Gasteiger partial charge in [-0.1, -0.05) is 6.42 Å². The van der Waals surface area contributed by atoms with Crippen molar-refractivity contribution >= 4 is 36.2 Å². The van der Waals surface area contributed by atoms with E-state index in [-0.39, 0.29) is 24.8 Å². The molecular formula is C16H23Cl2N3OS. The second-order valence-corrected chi connectivity index (χ2v) is 7.19. The summed E-state index contributed by atoms with van der Waals surface area (Å²) in [6.07, 6.45) is 5.55. The summed E-state index contributed by atoms with van der Waals surface area (Å²) in [5.41, 5.74) is 7.44. The Bertz CT molecular complexity index is 604. The quantitative estimate of drug-likeness (QED) is 0.885. The van der Waals surface area contributed by atoms with Crippen LogP contribution in [-0.4, -0.2) is 29.0 Å². The number of rotatable bonds is 3. The van der Waals surface area contributed by atoms with Crippen molar-refractivity contribution in [1.82, 2.24) is 9.88 Å². The lowest BCUT2D eigenvalue weighted by molar-refractivity contribution is 0.259. The minimum Gasteiger partial charge on any atom is -0.462 e. The Morgan fingerprint density at radius 1 is 1.30 bits per heavy atom. The first-order chi connectivity index (χ1) is 10.3. The van der Waals surface area contributed by atoms with Crippen LogP contribution < -0.4 is 5.73 Å². The number of hydrogen-bond donors (Lipinski definition) is 1. The van der Waals surface area contributed by atoms with Gasteiger partial charge in [-0.05, 0) is 36.8 Å². The maximum atomic E-state index is 6.29. The number of furan rings is 1. The highest BCUT2D eigenvalue weighted by atomic mass is 35.5. The number of nitrogens with two attached hydrogens (primary N) is 1. The van der Waals surface area contributed by atoms with E-state index < -0.39 is 0 Å². The molecule has 0 spiro atoms. The van der Waals surface area contributed by atoms with Crippen LogP contribution >= 0.6 is 36.2 Å². The van der Waals surface area contributed by atoms with E-state index in [4.69, 9.17) is 15.1 Å². The summed E-state index contributed by atoms with van der Waals surface area (Å²) in [7, 11) is 0. The fraction of sp³-hybridized carbons (Fsp3) is 0.562. The number of aromatic nitrogens is 1. The summed E-state index contributed by atoms with van der Waals surface area (Å²) >= 11 is 1.66. The number of hydrogen-bond acceptors (Lipinski definition) is 5. The third-order valence-corrected chi connectivity index (χ3v) is 5.80. The van der Waals surface area contributed by atoms with Crippen molar-refractivity contribution in [2.75, 3.05) is 13.1 Å². The minimum atomic E-state index is 0. The maximum absolute atomic E-state index is 6.29. The molecule has 0 bridgehead atoms. The van der Waals surface area contributed by atoms with Crippen LogP contribution in [0.1, 0.15) is 25.0 Å². The lowest BCUT2D eigenvalue weighted by Gasteiger charge is -2.29. The maximum Gasteiger partial charge on any atom is 0.162 e. The van der Waals surface area contributed by atoms with Crippen molar-refractivity contribution in [2.24, 2.45) is 17.6 Å². The van der Waals surface area contributed by atoms with Crippen molar-refractivity contribution < 1.29 is 4.42 Å². The zero-order valence-corrected chi connectivity index (χ0v) is 15.3. The molecule has 2 N–H and O–H groups in total. The number of fused-ring (bicyclic) bond motifs is 1. The zero-order valence-electron chi connectivity index (χ0n) is 12.9. The van der Waals surface area contributed by atoms with Gasteiger partial charge in [0.2, 0.25) is 0 Å². The highest BCUT2D eigenvalue weighted by Crippen LogP contribution is 2.36. The lowest BCUT2D eigenvalue weighted by Crippen LogP contribution is -2.38. The molecule has 3 heterocycles. The third kappa shape index (κ3) is 3.91. The molecule has 3 atom stereocenters. The largest absolute Gasteiger partial charge is 0.462 e. The number of thiazole rings is 1. The molecule has 2 aromatic rings. The first-order valence-electron chi connectivity index (χ1n) is 7.76. The molecule has 7 heteroatoms. The molecule has 2 aliphatic rings. The molecule has 0 radical (unpaired) electrons. The Morgan fingerprint density at radius 2 is 2.17 bits per heavy atom. The number of nitrogens with zero attached hydrogens (tertiary/aromatic N) is 2. The van der Waals surface area contributed by atoms with Crippen molar-refractivity contribution in [1.29, 1.82) is 0 Å². The van der Waals surface area contributed by atoms with Gasteiger partial charge in [-0.3, -0.25) is 4.90 Å². The molecule has 2 aromatic heterocycles. The third-order valence-electron chi connectivity index (χ3n) is 4.90. The summed E-state index contributed by atoms with van der Waals surface area (Å²) < 4.78 is 5.41. The van der Waals surface area contributed by atoms with E-state index in [1.807, 2.05) is 12.1 Å². The Morgan fingerprint density at radius 3 is 2.91 bits per heavy atom. The predicted molar refractivity (Wildman–Crippen MR) is 98.4 cm³/mol. The molecule has 2 fully saturated rings. The van der Waals surface area contributed by atoms with E-state index >= 15 is 0 Å². The fourth-order valence-corrected chi connectivity index (χ4v) is 4.64. The van der Waals surface area contributed by atoms with Gasteiger partial charge in [0.1, 0.15) is 0 Å². The monoisotopic (exact) mass is 375 g/mol. The van der Waals surface area contributed by atoms with E-state index in [0.717, 1.165) is 35.5 Å². The van der Waals surface area contributed by atoms with E-state index in [9.17, 15) is 0 Å². The second kappa shape index (κ2) is 7.99. The molecular weight excluding hydrogens is 353 g/mol. The van der Waals surface area contributed by atoms with Crippen molar-refractivity contribution in [3.63, 3.8) is 0 Å². The Kier molecular flexibility index (Phi) is 6.51. The average molecular weight is 376 g/mol. The average Bonchev–Trinajstić information content (AvgIpc) is 3.18. The van der Waals surface area contributed by atoms with Crippen LogP contribution in [0.5, 0.6) is 0 Å².